The van der Waals surface area contributed by atoms with Crippen LogP contribution in [0.3, 0.4) is 0 Å². The van der Waals surface area contributed by atoms with Crippen molar-refractivity contribution < 1.29 is 9.53 Å². The molecule has 0 amide bonds. The molecule has 0 saturated heterocycles. The zero-order chi connectivity index (χ0) is 11.1. The van der Waals surface area contributed by atoms with Crippen LogP contribution in [0.2, 0.25) is 0 Å². The molecule has 0 atom stereocenters. The van der Waals surface area contributed by atoms with E-state index < -0.39 is 0 Å². The predicted molar refractivity (Wildman–Crippen MR) is 66.1 cm³/mol. The van der Waals surface area contributed by atoms with E-state index in [-0.39, 0.29) is 5.97 Å². The number of rotatable bonds is 5. The Morgan fingerprint density at radius 2 is 2.20 bits per heavy atom. The average Bonchev–Trinajstić information content (AvgIpc) is 2.26. The van der Waals surface area contributed by atoms with E-state index in [0.717, 1.165) is 16.6 Å². The highest BCUT2D eigenvalue weighted by molar-refractivity contribution is 9.10. The summed E-state index contributed by atoms with van der Waals surface area (Å²) >= 11 is 5.22. The average molecular weight is 289 g/mol. The first-order chi connectivity index (χ1) is 7.24. The second-order valence-corrected chi connectivity index (χ2v) is 4.95. The topological polar surface area (TPSA) is 26.3 Å². The molecule has 0 aromatic heterocycles. The van der Waals surface area contributed by atoms with E-state index in [1.165, 1.54) is 12.0 Å². The van der Waals surface area contributed by atoms with Gasteiger partial charge in [-0.2, -0.15) is 0 Å². The van der Waals surface area contributed by atoms with Crippen molar-refractivity contribution in [2.75, 3.05) is 12.9 Å². The number of hydrogen-bond donors (Lipinski definition) is 0. The molecular weight excluding hydrogens is 276 g/mol. The Balaban J connectivity index is 2.26. The molecular formula is C11H13BrO2S. The second-order valence-electron chi connectivity index (χ2n) is 2.96. The molecule has 1 rings (SSSR count). The Bertz CT molecular complexity index is 328. The fraction of sp³-hybridized carbons (Fsp3) is 0.364. The molecule has 0 N–H and O–H groups in total. The van der Waals surface area contributed by atoms with Gasteiger partial charge in [-0.05, 0) is 40.2 Å². The fourth-order valence-electron chi connectivity index (χ4n) is 1.06. The van der Waals surface area contributed by atoms with Gasteiger partial charge in [0.2, 0.25) is 0 Å². The number of esters is 1. The largest absolute Gasteiger partial charge is 0.469 e. The van der Waals surface area contributed by atoms with Gasteiger partial charge >= 0.3 is 5.97 Å². The fourth-order valence-corrected chi connectivity index (χ4v) is 2.58. The molecule has 0 radical (unpaired) electrons. The quantitative estimate of drug-likeness (QED) is 0.471. The minimum Gasteiger partial charge on any atom is -0.469 e. The van der Waals surface area contributed by atoms with Crippen LogP contribution in [0.15, 0.2) is 33.6 Å². The third-order valence-electron chi connectivity index (χ3n) is 1.85. The van der Waals surface area contributed by atoms with Crippen LogP contribution in [0, 0.1) is 0 Å². The molecule has 0 aliphatic rings. The molecule has 0 spiro atoms. The van der Waals surface area contributed by atoms with Crippen molar-refractivity contribution in [3.8, 4) is 0 Å². The van der Waals surface area contributed by atoms with Gasteiger partial charge < -0.3 is 4.74 Å². The summed E-state index contributed by atoms with van der Waals surface area (Å²) in [6.45, 7) is 0. The zero-order valence-corrected chi connectivity index (χ0v) is 10.9. The normalized spacial score (nSPS) is 10.0. The van der Waals surface area contributed by atoms with Crippen LogP contribution in [0.25, 0.3) is 0 Å². The first kappa shape index (κ1) is 12.6. The van der Waals surface area contributed by atoms with Crippen molar-refractivity contribution in [1.29, 1.82) is 0 Å². The number of hydrogen-bond acceptors (Lipinski definition) is 3. The lowest BCUT2D eigenvalue weighted by molar-refractivity contribution is -0.140. The molecule has 0 unspecified atom stereocenters. The lowest BCUT2D eigenvalue weighted by Crippen LogP contribution is -1.99. The molecule has 0 bridgehead atoms. The smallest absolute Gasteiger partial charge is 0.305 e. The van der Waals surface area contributed by atoms with E-state index in [2.05, 4.69) is 26.7 Å². The Labute approximate surface area is 103 Å². The molecule has 0 fully saturated rings. The summed E-state index contributed by atoms with van der Waals surface area (Å²) in [5.74, 6) is 0.792. The summed E-state index contributed by atoms with van der Waals surface area (Å²) in [7, 11) is 1.42. The highest BCUT2D eigenvalue weighted by atomic mass is 79.9. The van der Waals surface area contributed by atoms with Gasteiger partial charge in [0, 0.05) is 15.8 Å². The van der Waals surface area contributed by atoms with Gasteiger partial charge in [-0.15, -0.1) is 11.8 Å². The summed E-state index contributed by atoms with van der Waals surface area (Å²) in [5, 5.41) is 0. The number of carbonyl (C=O) groups is 1. The van der Waals surface area contributed by atoms with E-state index in [4.69, 9.17) is 0 Å². The number of carbonyl (C=O) groups excluding carboxylic acids is 1. The first-order valence-electron chi connectivity index (χ1n) is 4.68. The second kappa shape index (κ2) is 6.90. The van der Waals surface area contributed by atoms with Crippen molar-refractivity contribution in [2.45, 2.75) is 17.7 Å². The predicted octanol–water partition coefficient (Wildman–Crippen LogP) is 3.49. The van der Waals surface area contributed by atoms with Crippen LogP contribution in [0.5, 0.6) is 0 Å². The molecule has 0 aliphatic heterocycles. The number of methoxy groups -OCH3 is 1. The van der Waals surface area contributed by atoms with Crippen molar-refractivity contribution in [3.05, 3.63) is 28.7 Å². The van der Waals surface area contributed by atoms with Crippen LogP contribution < -0.4 is 0 Å². The lowest BCUT2D eigenvalue weighted by atomic mass is 10.3. The Kier molecular flexibility index (Phi) is 5.79. The van der Waals surface area contributed by atoms with Gasteiger partial charge in [-0.1, -0.05) is 12.1 Å². The highest BCUT2D eigenvalue weighted by Crippen LogP contribution is 2.27. The molecule has 15 heavy (non-hydrogen) atoms. The van der Waals surface area contributed by atoms with E-state index in [1.54, 1.807) is 11.8 Å². The maximum absolute atomic E-state index is 10.8. The summed E-state index contributed by atoms with van der Waals surface area (Å²) in [4.78, 5) is 12.1. The molecule has 82 valence electrons. The number of halogens is 1. The van der Waals surface area contributed by atoms with Gasteiger partial charge in [-0.25, -0.2) is 0 Å². The third-order valence-corrected chi connectivity index (χ3v) is 3.96. The van der Waals surface area contributed by atoms with Crippen LogP contribution in [0.1, 0.15) is 12.8 Å². The molecule has 1 aromatic rings. The standard InChI is InChI=1S/C11H13BrO2S/c1-14-11(13)7-4-8-15-10-6-3-2-5-9(10)12/h2-3,5-6H,4,7-8H2,1H3. The van der Waals surface area contributed by atoms with Gasteiger partial charge in [0.15, 0.2) is 0 Å². The third kappa shape index (κ3) is 4.71. The van der Waals surface area contributed by atoms with Gasteiger partial charge in [0.1, 0.15) is 0 Å². The van der Waals surface area contributed by atoms with Gasteiger partial charge in [-0.3, -0.25) is 4.79 Å². The molecule has 1 aromatic carbocycles. The van der Waals surface area contributed by atoms with Gasteiger partial charge in [0.05, 0.1) is 7.11 Å². The Morgan fingerprint density at radius 3 is 2.87 bits per heavy atom. The first-order valence-corrected chi connectivity index (χ1v) is 6.46. The lowest BCUT2D eigenvalue weighted by Gasteiger charge is -2.03. The monoisotopic (exact) mass is 288 g/mol. The highest BCUT2D eigenvalue weighted by Gasteiger charge is 2.02. The summed E-state index contributed by atoms with van der Waals surface area (Å²) < 4.78 is 5.67. The summed E-state index contributed by atoms with van der Waals surface area (Å²) in [5.41, 5.74) is 0. The maximum Gasteiger partial charge on any atom is 0.305 e. The zero-order valence-electron chi connectivity index (χ0n) is 8.53. The van der Waals surface area contributed by atoms with Crippen LogP contribution >= 0.6 is 27.7 Å². The van der Waals surface area contributed by atoms with Crippen molar-refractivity contribution >= 4 is 33.7 Å². The van der Waals surface area contributed by atoms with E-state index in [1.807, 2.05) is 18.2 Å². The Hall–Kier alpha value is -0.480. The Morgan fingerprint density at radius 1 is 1.47 bits per heavy atom. The molecule has 0 saturated carbocycles. The molecule has 4 heteroatoms. The van der Waals surface area contributed by atoms with E-state index in [0.29, 0.717) is 6.42 Å². The van der Waals surface area contributed by atoms with Crippen molar-refractivity contribution in [1.82, 2.24) is 0 Å². The van der Waals surface area contributed by atoms with Crippen LogP contribution in [0.4, 0.5) is 0 Å². The minimum absolute atomic E-state index is 0.136. The molecule has 0 aliphatic carbocycles. The van der Waals surface area contributed by atoms with Crippen molar-refractivity contribution in [2.24, 2.45) is 0 Å². The number of ether oxygens (including phenoxy) is 1. The summed E-state index contributed by atoms with van der Waals surface area (Å²) in [6.07, 6.45) is 1.34. The van der Waals surface area contributed by atoms with E-state index in [9.17, 15) is 4.79 Å². The maximum atomic E-state index is 10.8. The SMILES string of the molecule is COC(=O)CCCSc1ccccc1Br. The van der Waals surface area contributed by atoms with E-state index >= 15 is 0 Å². The molecule has 0 heterocycles. The van der Waals surface area contributed by atoms with Gasteiger partial charge in [0.25, 0.3) is 0 Å². The number of benzene rings is 1. The number of thioether (sulfide) groups is 1. The summed E-state index contributed by atoms with van der Waals surface area (Å²) in [6, 6.07) is 8.07. The van der Waals surface area contributed by atoms with Crippen LogP contribution in [-0.4, -0.2) is 18.8 Å². The minimum atomic E-state index is -0.136. The van der Waals surface area contributed by atoms with Crippen molar-refractivity contribution in [3.63, 3.8) is 0 Å². The molecule has 2 nitrogen and oxygen atoms in total. The van der Waals surface area contributed by atoms with Crippen LogP contribution in [-0.2, 0) is 9.53 Å².